The number of methoxy groups -OCH3 is 1. The van der Waals surface area contributed by atoms with Crippen LogP contribution in [0.15, 0.2) is 72.8 Å². The number of hydrogen-bond donors (Lipinski definition) is 2. The van der Waals surface area contributed by atoms with E-state index in [1.807, 2.05) is 0 Å². The van der Waals surface area contributed by atoms with Crippen molar-refractivity contribution >= 4 is 58.7 Å². The highest BCUT2D eigenvalue weighted by molar-refractivity contribution is 6.34. The number of amides is 1. The van der Waals surface area contributed by atoms with Crippen LogP contribution in [-0.4, -0.2) is 54.2 Å². The molecule has 0 aliphatic heterocycles. The van der Waals surface area contributed by atoms with E-state index in [1.165, 1.54) is 73.8 Å². The molecule has 1 amide bonds. The van der Waals surface area contributed by atoms with Gasteiger partial charge in [-0.05, 0) is 42.5 Å². The fourth-order valence-electron chi connectivity index (χ4n) is 3.16. The number of carbonyl (C=O) groups excluding carboxylic acids is 4. The van der Waals surface area contributed by atoms with Crippen molar-refractivity contribution in [2.24, 2.45) is 0 Å². The van der Waals surface area contributed by atoms with Gasteiger partial charge in [0.05, 0.1) is 33.8 Å². The molecular formula is C26H19Cl2NO9. The van der Waals surface area contributed by atoms with E-state index in [2.05, 4.69) is 10.1 Å². The van der Waals surface area contributed by atoms with Crippen molar-refractivity contribution in [2.45, 2.75) is 12.2 Å². The van der Waals surface area contributed by atoms with Gasteiger partial charge >= 0.3 is 23.9 Å². The molecule has 0 unspecified atom stereocenters. The van der Waals surface area contributed by atoms with Gasteiger partial charge in [-0.1, -0.05) is 53.5 Å². The lowest BCUT2D eigenvalue weighted by Gasteiger charge is -2.24. The average Bonchev–Trinajstić information content (AvgIpc) is 2.90. The van der Waals surface area contributed by atoms with Crippen LogP contribution in [0, 0.1) is 0 Å². The molecule has 0 spiro atoms. The third-order valence-electron chi connectivity index (χ3n) is 4.98. The second kappa shape index (κ2) is 12.7. The number of nitrogens with one attached hydrogen (secondary N) is 1. The minimum Gasteiger partial charge on any atom is -0.478 e. The number of halogens is 2. The highest BCUT2D eigenvalue weighted by Crippen LogP contribution is 2.22. The molecule has 0 aliphatic rings. The fourth-order valence-corrected chi connectivity index (χ4v) is 3.59. The number of carboxylic acid groups (broad SMARTS) is 1. The molecule has 0 radical (unpaired) electrons. The number of rotatable bonds is 9. The maximum atomic E-state index is 13.2. The number of hydrogen-bond acceptors (Lipinski definition) is 8. The number of benzene rings is 3. The third kappa shape index (κ3) is 6.87. The monoisotopic (exact) mass is 559 g/mol. The fraction of sp³-hybridized carbons (Fsp3) is 0.115. The number of anilines is 1. The van der Waals surface area contributed by atoms with Gasteiger partial charge in [-0.2, -0.15) is 0 Å². The van der Waals surface area contributed by atoms with E-state index >= 15 is 0 Å². The van der Waals surface area contributed by atoms with E-state index in [0.717, 1.165) is 0 Å². The molecule has 0 aromatic heterocycles. The molecule has 0 aliphatic carbocycles. The van der Waals surface area contributed by atoms with Crippen LogP contribution in [0.3, 0.4) is 0 Å². The molecular weight excluding hydrogens is 541 g/mol. The van der Waals surface area contributed by atoms with Crippen LogP contribution >= 0.6 is 23.2 Å². The standard InChI is InChI=1S/C26H19Cl2NO9/c1-36-24(33)14-7-6-8-15(13-14)29-22(30)20(37-25(34)16-9-2-4-11-18(16)27)21(23(31)32)38-26(35)17-10-3-5-12-19(17)28/h2-13,20-21H,1H3,(H,29,30)(H,31,32)/t20-,21+/m1/s1. The Morgan fingerprint density at radius 1 is 0.737 bits per heavy atom. The SMILES string of the molecule is COC(=O)c1cccc(NC(=O)[C@H](OC(=O)c2ccccc2Cl)[C@H](OC(=O)c2ccccc2Cl)C(=O)O)c1. The Morgan fingerprint density at radius 2 is 1.26 bits per heavy atom. The summed E-state index contributed by atoms with van der Waals surface area (Å²) in [6.07, 6.45) is -4.49. The second-order valence-electron chi connectivity index (χ2n) is 7.51. The topological polar surface area (TPSA) is 145 Å². The van der Waals surface area contributed by atoms with Crippen LogP contribution in [-0.2, 0) is 23.8 Å². The molecule has 196 valence electrons. The van der Waals surface area contributed by atoms with Crippen molar-refractivity contribution in [1.29, 1.82) is 0 Å². The smallest absolute Gasteiger partial charge is 0.349 e. The summed E-state index contributed by atoms with van der Waals surface area (Å²) in [5.41, 5.74) is -0.225. The first kappa shape index (κ1) is 28.2. The van der Waals surface area contributed by atoms with E-state index in [9.17, 15) is 29.1 Å². The highest BCUT2D eigenvalue weighted by atomic mass is 35.5. The molecule has 3 aromatic rings. The van der Waals surface area contributed by atoms with Gasteiger partial charge in [-0.15, -0.1) is 0 Å². The van der Waals surface area contributed by atoms with Crippen LogP contribution in [0.5, 0.6) is 0 Å². The van der Waals surface area contributed by atoms with Crippen molar-refractivity contribution in [1.82, 2.24) is 0 Å². The predicted octanol–water partition coefficient (Wildman–Crippen LogP) is 4.25. The quantitative estimate of drug-likeness (QED) is 0.290. The molecule has 2 atom stereocenters. The molecule has 3 rings (SSSR count). The Morgan fingerprint density at radius 3 is 1.76 bits per heavy atom. The summed E-state index contributed by atoms with van der Waals surface area (Å²) in [5, 5.41) is 12.1. The van der Waals surface area contributed by atoms with Crippen LogP contribution in [0.25, 0.3) is 0 Å². The van der Waals surface area contributed by atoms with Crippen molar-refractivity contribution in [2.75, 3.05) is 12.4 Å². The molecule has 0 fully saturated rings. The maximum Gasteiger partial charge on any atom is 0.349 e. The molecule has 0 bridgehead atoms. The molecule has 10 nitrogen and oxygen atoms in total. The Bertz CT molecular complexity index is 1390. The summed E-state index contributed by atoms with van der Waals surface area (Å²) < 4.78 is 14.9. The van der Waals surface area contributed by atoms with E-state index in [-0.39, 0.29) is 32.4 Å². The van der Waals surface area contributed by atoms with Gasteiger partial charge < -0.3 is 24.6 Å². The van der Waals surface area contributed by atoms with Gasteiger partial charge in [0, 0.05) is 5.69 Å². The van der Waals surface area contributed by atoms with Crippen LogP contribution in [0.4, 0.5) is 5.69 Å². The first-order valence-corrected chi connectivity index (χ1v) is 11.5. The third-order valence-corrected chi connectivity index (χ3v) is 5.64. The predicted molar refractivity (Wildman–Crippen MR) is 135 cm³/mol. The van der Waals surface area contributed by atoms with Gasteiger partial charge in [0.15, 0.2) is 0 Å². The van der Waals surface area contributed by atoms with E-state index in [1.54, 1.807) is 6.07 Å². The second-order valence-corrected chi connectivity index (χ2v) is 8.33. The zero-order valence-corrected chi connectivity index (χ0v) is 21.1. The van der Waals surface area contributed by atoms with Gasteiger partial charge in [-0.3, -0.25) is 4.79 Å². The van der Waals surface area contributed by atoms with Gasteiger partial charge in [0.2, 0.25) is 12.2 Å². The molecule has 0 saturated heterocycles. The summed E-state index contributed by atoms with van der Waals surface area (Å²) in [6, 6.07) is 16.9. The number of aliphatic carboxylic acids is 1. The normalized spacial score (nSPS) is 12.0. The number of ether oxygens (including phenoxy) is 3. The Kier molecular flexibility index (Phi) is 9.42. The number of carboxylic acids is 1. The first-order valence-electron chi connectivity index (χ1n) is 10.8. The minimum absolute atomic E-state index is 0.0256. The highest BCUT2D eigenvalue weighted by Gasteiger charge is 2.41. The van der Waals surface area contributed by atoms with Crippen LogP contribution in [0.2, 0.25) is 10.0 Å². The van der Waals surface area contributed by atoms with Gasteiger partial charge in [-0.25, -0.2) is 19.2 Å². The van der Waals surface area contributed by atoms with Gasteiger partial charge in [0.1, 0.15) is 0 Å². The first-order chi connectivity index (χ1) is 18.1. The molecule has 0 saturated carbocycles. The number of esters is 3. The Hall–Kier alpha value is -4.41. The molecule has 2 N–H and O–H groups in total. The summed E-state index contributed by atoms with van der Waals surface area (Å²) in [6.45, 7) is 0. The number of carbonyl (C=O) groups is 5. The molecule has 38 heavy (non-hydrogen) atoms. The van der Waals surface area contributed by atoms with Crippen molar-refractivity contribution < 1.29 is 43.3 Å². The molecule has 0 heterocycles. The lowest BCUT2D eigenvalue weighted by Crippen LogP contribution is -2.48. The zero-order valence-electron chi connectivity index (χ0n) is 19.6. The lowest BCUT2D eigenvalue weighted by molar-refractivity contribution is -0.157. The van der Waals surface area contributed by atoms with Crippen molar-refractivity contribution in [3.63, 3.8) is 0 Å². The summed E-state index contributed by atoms with van der Waals surface area (Å²) in [4.78, 5) is 62.8. The lowest BCUT2D eigenvalue weighted by atomic mass is 10.1. The molecule has 12 heteroatoms. The summed E-state index contributed by atoms with van der Waals surface area (Å²) >= 11 is 12.0. The van der Waals surface area contributed by atoms with Crippen LogP contribution < -0.4 is 5.32 Å². The van der Waals surface area contributed by atoms with Crippen LogP contribution in [0.1, 0.15) is 31.1 Å². The van der Waals surface area contributed by atoms with E-state index in [4.69, 9.17) is 32.7 Å². The zero-order chi connectivity index (χ0) is 27.8. The summed E-state index contributed by atoms with van der Waals surface area (Å²) in [5.74, 6) is -5.99. The Labute approximate surface area is 226 Å². The maximum absolute atomic E-state index is 13.2. The average molecular weight is 560 g/mol. The Balaban J connectivity index is 1.96. The molecule has 3 aromatic carbocycles. The van der Waals surface area contributed by atoms with Crippen molar-refractivity contribution in [3.8, 4) is 0 Å². The summed E-state index contributed by atoms with van der Waals surface area (Å²) in [7, 11) is 1.17. The minimum atomic E-state index is -2.30. The van der Waals surface area contributed by atoms with Gasteiger partial charge in [0.25, 0.3) is 5.91 Å². The van der Waals surface area contributed by atoms with E-state index < -0.39 is 42.0 Å². The largest absolute Gasteiger partial charge is 0.478 e. The van der Waals surface area contributed by atoms with E-state index in [0.29, 0.717) is 0 Å². The van der Waals surface area contributed by atoms with Crippen molar-refractivity contribution in [3.05, 3.63) is 99.5 Å².